The lowest BCUT2D eigenvalue weighted by molar-refractivity contribution is 0.000487. The number of hydrogen-bond acceptors (Lipinski definition) is 4. The highest BCUT2D eigenvalue weighted by atomic mass is 16.5. The monoisotopic (exact) mass is 329 g/mol. The second-order valence-corrected chi connectivity index (χ2v) is 5.96. The van der Waals surface area contributed by atoms with Crippen LogP contribution in [0.25, 0.3) is 0 Å². The number of carbonyl (C=O) groups is 1. The number of carbonyl (C=O) groups excluding carboxylic acids is 1. The highest BCUT2D eigenvalue weighted by Crippen LogP contribution is 2.26. The second kappa shape index (κ2) is 8.13. The Labute approximate surface area is 142 Å². The molecule has 24 heavy (non-hydrogen) atoms. The molecule has 1 aromatic carbocycles. The van der Waals surface area contributed by atoms with Crippen LogP contribution in [0.3, 0.4) is 0 Å². The van der Waals surface area contributed by atoms with E-state index in [2.05, 4.69) is 12.1 Å². The Morgan fingerprint density at radius 3 is 2.79 bits per heavy atom. The molecule has 0 radical (unpaired) electrons. The first-order valence-electron chi connectivity index (χ1n) is 8.27. The topological polar surface area (TPSA) is 51.9 Å². The Balaban J connectivity index is 1.75. The summed E-state index contributed by atoms with van der Waals surface area (Å²) in [5, 5.41) is 0. The van der Waals surface area contributed by atoms with Crippen molar-refractivity contribution in [3.63, 3.8) is 0 Å². The van der Waals surface area contributed by atoms with Gasteiger partial charge in [0.1, 0.15) is 6.26 Å². The second-order valence-electron chi connectivity index (χ2n) is 5.96. The van der Waals surface area contributed by atoms with Gasteiger partial charge in [0.25, 0.3) is 5.91 Å². The lowest BCUT2D eigenvalue weighted by Crippen LogP contribution is -2.42. The maximum Gasteiger partial charge on any atom is 0.257 e. The molecular weight excluding hydrogens is 306 g/mol. The zero-order chi connectivity index (χ0) is 16.8. The van der Waals surface area contributed by atoms with E-state index in [1.54, 1.807) is 13.2 Å². The van der Waals surface area contributed by atoms with E-state index in [9.17, 15) is 4.79 Å². The molecule has 0 spiro atoms. The Bertz CT molecular complexity index is 626. The summed E-state index contributed by atoms with van der Waals surface area (Å²) in [5.74, 6) is 0.00234. The van der Waals surface area contributed by atoms with Gasteiger partial charge in [-0.3, -0.25) is 4.79 Å². The van der Waals surface area contributed by atoms with Crippen molar-refractivity contribution in [3.05, 3.63) is 60.1 Å². The Kier molecular flexibility index (Phi) is 5.67. The summed E-state index contributed by atoms with van der Waals surface area (Å²) in [6.45, 7) is 1.80. The lowest BCUT2D eigenvalue weighted by Gasteiger charge is -2.28. The lowest BCUT2D eigenvalue weighted by atomic mass is 10.0. The quantitative estimate of drug-likeness (QED) is 0.733. The van der Waals surface area contributed by atoms with E-state index in [4.69, 9.17) is 13.9 Å². The maximum absolute atomic E-state index is 12.8. The van der Waals surface area contributed by atoms with Crippen molar-refractivity contribution in [2.24, 2.45) is 0 Å². The molecule has 2 aromatic rings. The van der Waals surface area contributed by atoms with Crippen LogP contribution in [-0.4, -0.2) is 49.8 Å². The van der Waals surface area contributed by atoms with Gasteiger partial charge in [0.2, 0.25) is 0 Å². The largest absolute Gasteiger partial charge is 0.472 e. The first-order valence-corrected chi connectivity index (χ1v) is 8.27. The Morgan fingerprint density at radius 2 is 2.08 bits per heavy atom. The average Bonchev–Trinajstić information content (AvgIpc) is 3.26. The van der Waals surface area contributed by atoms with Crippen molar-refractivity contribution in [2.75, 3.05) is 26.9 Å². The molecule has 2 heterocycles. The Hall–Kier alpha value is -2.11. The average molecular weight is 329 g/mol. The molecule has 0 saturated carbocycles. The third-order valence-corrected chi connectivity index (χ3v) is 4.42. The molecule has 3 rings (SSSR count). The summed E-state index contributed by atoms with van der Waals surface area (Å²) in [6, 6.07) is 11.9. The molecule has 1 aromatic heterocycles. The number of furan rings is 1. The van der Waals surface area contributed by atoms with Crippen molar-refractivity contribution in [1.29, 1.82) is 0 Å². The number of ether oxygens (including phenoxy) is 2. The third-order valence-electron chi connectivity index (χ3n) is 4.42. The summed E-state index contributed by atoms with van der Waals surface area (Å²) in [5.41, 5.74) is 1.79. The van der Waals surface area contributed by atoms with Crippen LogP contribution in [0.15, 0.2) is 53.3 Å². The molecule has 5 heteroatoms. The smallest absolute Gasteiger partial charge is 0.257 e. The summed E-state index contributed by atoms with van der Waals surface area (Å²) < 4.78 is 16.1. The SMILES string of the molecule is COCCO[C@@H]1CCN(C(=O)c2ccoc2)[C@@H]1Cc1ccccc1. The van der Waals surface area contributed by atoms with Gasteiger partial charge >= 0.3 is 0 Å². The first kappa shape index (κ1) is 16.7. The third kappa shape index (κ3) is 3.86. The van der Waals surface area contributed by atoms with E-state index < -0.39 is 0 Å². The number of likely N-dealkylation sites (tertiary alicyclic amines) is 1. The number of rotatable bonds is 7. The van der Waals surface area contributed by atoms with Crippen LogP contribution < -0.4 is 0 Å². The summed E-state index contributed by atoms with van der Waals surface area (Å²) in [7, 11) is 1.66. The van der Waals surface area contributed by atoms with Crippen molar-refractivity contribution >= 4 is 5.91 Å². The van der Waals surface area contributed by atoms with Crippen LogP contribution in [-0.2, 0) is 15.9 Å². The highest BCUT2D eigenvalue weighted by molar-refractivity contribution is 5.94. The van der Waals surface area contributed by atoms with E-state index in [1.807, 2.05) is 23.1 Å². The van der Waals surface area contributed by atoms with E-state index >= 15 is 0 Å². The molecule has 0 N–H and O–H groups in total. The molecule has 1 fully saturated rings. The minimum atomic E-state index is 0.00234. The fourth-order valence-electron chi connectivity index (χ4n) is 3.20. The van der Waals surface area contributed by atoms with Crippen LogP contribution in [0.1, 0.15) is 22.3 Å². The van der Waals surface area contributed by atoms with Gasteiger partial charge in [0.15, 0.2) is 0 Å². The molecule has 0 bridgehead atoms. The molecule has 5 nitrogen and oxygen atoms in total. The van der Waals surface area contributed by atoms with Gasteiger partial charge in [0, 0.05) is 13.7 Å². The highest BCUT2D eigenvalue weighted by Gasteiger charge is 2.38. The van der Waals surface area contributed by atoms with Crippen molar-refractivity contribution in [2.45, 2.75) is 25.0 Å². The first-order chi connectivity index (χ1) is 11.8. The molecule has 0 unspecified atom stereocenters. The van der Waals surface area contributed by atoms with E-state index in [0.29, 0.717) is 25.3 Å². The van der Waals surface area contributed by atoms with E-state index in [-0.39, 0.29) is 18.1 Å². The molecule has 2 atom stereocenters. The van der Waals surface area contributed by atoms with E-state index in [0.717, 1.165) is 12.8 Å². The van der Waals surface area contributed by atoms with Crippen molar-refractivity contribution in [3.8, 4) is 0 Å². The molecule has 1 aliphatic rings. The van der Waals surface area contributed by atoms with Gasteiger partial charge in [-0.2, -0.15) is 0 Å². The van der Waals surface area contributed by atoms with Crippen LogP contribution in [0.4, 0.5) is 0 Å². The van der Waals surface area contributed by atoms with Gasteiger partial charge < -0.3 is 18.8 Å². The van der Waals surface area contributed by atoms with Gasteiger partial charge in [-0.1, -0.05) is 30.3 Å². The summed E-state index contributed by atoms with van der Waals surface area (Å²) in [4.78, 5) is 14.7. The summed E-state index contributed by atoms with van der Waals surface area (Å²) >= 11 is 0. The standard InChI is InChI=1S/C19H23NO4/c1-22-11-12-24-18-7-9-20(19(21)16-8-10-23-14-16)17(18)13-15-5-3-2-4-6-15/h2-6,8,10,14,17-18H,7,9,11-13H2,1H3/t17-,18-/m1/s1. The summed E-state index contributed by atoms with van der Waals surface area (Å²) in [6.07, 6.45) is 4.67. The fraction of sp³-hybridized carbons (Fsp3) is 0.421. The van der Waals surface area contributed by atoms with Crippen LogP contribution in [0.5, 0.6) is 0 Å². The van der Waals surface area contributed by atoms with Gasteiger partial charge in [0.05, 0.1) is 37.2 Å². The number of methoxy groups -OCH3 is 1. The maximum atomic E-state index is 12.8. The molecule has 1 amide bonds. The Morgan fingerprint density at radius 1 is 1.25 bits per heavy atom. The zero-order valence-electron chi connectivity index (χ0n) is 13.9. The van der Waals surface area contributed by atoms with Gasteiger partial charge in [-0.15, -0.1) is 0 Å². The van der Waals surface area contributed by atoms with Crippen LogP contribution in [0.2, 0.25) is 0 Å². The van der Waals surface area contributed by atoms with Gasteiger partial charge in [-0.05, 0) is 24.5 Å². The normalized spacial score (nSPS) is 20.5. The van der Waals surface area contributed by atoms with E-state index in [1.165, 1.54) is 18.1 Å². The van der Waals surface area contributed by atoms with Crippen LogP contribution >= 0.6 is 0 Å². The molecule has 0 aliphatic carbocycles. The minimum Gasteiger partial charge on any atom is -0.472 e. The predicted molar refractivity (Wildman–Crippen MR) is 89.9 cm³/mol. The number of nitrogens with zero attached hydrogens (tertiary/aromatic N) is 1. The fourth-order valence-corrected chi connectivity index (χ4v) is 3.20. The molecule has 128 valence electrons. The molecule has 1 saturated heterocycles. The predicted octanol–water partition coefficient (Wildman–Crippen LogP) is 2.77. The molecule has 1 aliphatic heterocycles. The molecular formula is C19H23NO4. The minimum absolute atomic E-state index is 0.00234. The van der Waals surface area contributed by atoms with Gasteiger partial charge in [-0.25, -0.2) is 0 Å². The number of benzene rings is 1. The zero-order valence-corrected chi connectivity index (χ0v) is 13.9. The van der Waals surface area contributed by atoms with Crippen molar-refractivity contribution < 1.29 is 18.7 Å². The number of hydrogen-bond donors (Lipinski definition) is 0. The van der Waals surface area contributed by atoms with Crippen molar-refractivity contribution in [1.82, 2.24) is 4.90 Å². The number of amides is 1. The van der Waals surface area contributed by atoms with Crippen LogP contribution in [0, 0.1) is 0 Å².